The summed E-state index contributed by atoms with van der Waals surface area (Å²) in [5.74, 6) is -0.512. The summed E-state index contributed by atoms with van der Waals surface area (Å²) in [5.41, 5.74) is 1.07. The molecule has 1 aliphatic rings. The molecule has 2 aromatic carbocycles. The summed E-state index contributed by atoms with van der Waals surface area (Å²) in [6.45, 7) is 3.27. The van der Waals surface area contributed by atoms with E-state index in [1.54, 1.807) is 12.1 Å². The molecular weight excluding hydrogens is 375 g/mol. The first-order chi connectivity index (χ1) is 12.9. The summed E-state index contributed by atoms with van der Waals surface area (Å²) in [4.78, 5) is 25.9. The summed E-state index contributed by atoms with van der Waals surface area (Å²) in [6, 6.07) is 10.3. The molecule has 0 spiro atoms. The molecule has 1 saturated heterocycles. The summed E-state index contributed by atoms with van der Waals surface area (Å²) in [7, 11) is 0. The van der Waals surface area contributed by atoms with Crippen molar-refractivity contribution in [1.29, 1.82) is 0 Å². The number of benzene rings is 2. The van der Waals surface area contributed by atoms with E-state index in [-0.39, 0.29) is 34.7 Å². The van der Waals surface area contributed by atoms with Crippen LogP contribution in [0.15, 0.2) is 42.5 Å². The summed E-state index contributed by atoms with van der Waals surface area (Å²) >= 11 is 6.01. The van der Waals surface area contributed by atoms with Gasteiger partial charge >= 0.3 is 0 Å². The van der Waals surface area contributed by atoms with Crippen LogP contribution < -0.4 is 15.1 Å². The Morgan fingerprint density at radius 3 is 2.52 bits per heavy atom. The van der Waals surface area contributed by atoms with Gasteiger partial charge in [0.2, 0.25) is 0 Å². The predicted octanol–water partition coefficient (Wildman–Crippen LogP) is 1.73. The molecule has 0 unspecified atom stereocenters. The standard InChI is InChI=1S/C18H18ClFN4O3/c19-16-6-5-15(24(26)27)11-17(16)21-18(25)12-22-7-9-23(10-8-22)14-3-1-13(20)2-4-14/h1-6,11H,7-10,12H2,(H,21,25)/p+1. The highest BCUT2D eigenvalue weighted by Gasteiger charge is 2.23. The molecule has 2 N–H and O–H groups in total. The molecular formula is C18H19ClFN4O3+. The van der Waals surface area contributed by atoms with Gasteiger partial charge in [-0.3, -0.25) is 14.9 Å². The topological polar surface area (TPSA) is 79.9 Å². The van der Waals surface area contributed by atoms with Gasteiger partial charge in [0.05, 0.1) is 41.8 Å². The van der Waals surface area contributed by atoms with Gasteiger partial charge in [0.15, 0.2) is 6.54 Å². The number of hydrogen-bond donors (Lipinski definition) is 2. The van der Waals surface area contributed by atoms with E-state index in [4.69, 9.17) is 11.6 Å². The number of carbonyl (C=O) groups excluding carboxylic acids is 1. The number of amides is 1. The molecule has 0 atom stereocenters. The van der Waals surface area contributed by atoms with Crippen molar-refractivity contribution in [2.75, 3.05) is 42.9 Å². The highest BCUT2D eigenvalue weighted by Crippen LogP contribution is 2.26. The molecule has 1 amide bonds. The summed E-state index contributed by atoms with van der Waals surface area (Å²) in [6.07, 6.45) is 0. The second kappa shape index (κ2) is 8.32. The number of hydrogen-bond acceptors (Lipinski definition) is 4. The fourth-order valence-electron chi connectivity index (χ4n) is 3.05. The number of non-ortho nitro benzene ring substituents is 1. The minimum atomic E-state index is -0.536. The quantitative estimate of drug-likeness (QED) is 0.599. The van der Waals surface area contributed by atoms with Gasteiger partial charge in [-0.1, -0.05) is 11.6 Å². The van der Waals surface area contributed by atoms with E-state index in [0.29, 0.717) is 0 Å². The highest BCUT2D eigenvalue weighted by molar-refractivity contribution is 6.33. The number of anilines is 2. The molecule has 0 radical (unpaired) electrons. The van der Waals surface area contributed by atoms with E-state index < -0.39 is 4.92 Å². The number of piperazine rings is 1. The van der Waals surface area contributed by atoms with Crippen molar-refractivity contribution in [2.24, 2.45) is 0 Å². The summed E-state index contributed by atoms with van der Waals surface area (Å²) < 4.78 is 13.0. The van der Waals surface area contributed by atoms with Crippen molar-refractivity contribution in [1.82, 2.24) is 0 Å². The van der Waals surface area contributed by atoms with Crippen molar-refractivity contribution in [3.63, 3.8) is 0 Å². The average Bonchev–Trinajstić information content (AvgIpc) is 2.64. The van der Waals surface area contributed by atoms with E-state index in [2.05, 4.69) is 10.2 Å². The Morgan fingerprint density at radius 2 is 1.89 bits per heavy atom. The molecule has 1 heterocycles. The zero-order chi connectivity index (χ0) is 19.4. The van der Waals surface area contributed by atoms with E-state index in [0.717, 1.165) is 36.8 Å². The Kier molecular flexibility index (Phi) is 5.88. The molecule has 2 aromatic rings. The first-order valence-electron chi connectivity index (χ1n) is 8.50. The minimum Gasteiger partial charge on any atom is -0.360 e. The second-order valence-corrected chi connectivity index (χ2v) is 6.77. The number of nitro benzene ring substituents is 1. The fraction of sp³-hybridized carbons (Fsp3) is 0.278. The maximum atomic E-state index is 13.0. The number of carbonyl (C=O) groups is 1. The van der Waals surface area contributed by atoms with Gasteiger partial charge in [0, 0.05) is 17.8 Å². The third kappa shape index (κ3) is 4.93. The lowest BCUT2D eigenvalue weighted by Gasteiger charge is -2.33. The Hall–Kier alpha value is -2.71. The lowest BCUT2D eigenvalue weighted by molar-refractivity contribution is -0.892. The van der Waals surface area contributed by atoms with Crippen molar-refractivity contribution >= 4 is 34.6 Å². The van der Waals surface area contributed by atoms with Crippen molar-refractivity contribution in [3.05, 3.63) is 63.4 Å². The van der Waals surface area contributed by atoms with Crippen LogP contribution >= 0.6 is 11.6 Å². The van der Waals surface area contributed by atoms with Gasteiger partial charge in [0.25, 0.3) is 11.6 Å². The average molecular weight is 394 g/mol. The SMILES string of the molecule is O=C(C[NH+]1CCN(c2ccc(F)cc2)CC1)Nc1cc([N+](=O)[O-])ccc1Cl. The molecule has 3 rings (SSSR count). The number of halogens is 2. The van der Waals surface area contributed by atoms with Crippen LogP contribution in [0.25, 0.3) is 0 Å². The van der Waals surface area contributed by atoms with Crippen molar-refractivity contribution in [3.8, 4) is 0 Å². The third-order valence-corrected chi connectivity index (χ3v) is 4.84. The van der Waals surface area contributed by atoms with Gasteiger partial charge in [-0.05, 0) is 30.3 Å². The maximum Gasteiger partial charge on any atom is 0.279 e. The predicted molar refractivity (Wildman–Crippen MR) is 101 cm³/mol. The van der Waals surface area contributed by atoms with Crippen LogP contribution in [0.5, 0.6) is 0 Å². The van der Waals surface area contributed by atoms with Crippen molar-refractivity contribution in [2.45, 2.75) is 0 Å². The Bertz CT molecular complexity index is 839. The number of nitrogens with zero attached hydrogens (tertiary/aromatic N) is 2. The van der Waals surface area contributed by atoms with Gasteiger partial charge in [-0.2, -0.15) is 0 Å². The highest BCUT2D eigenvalue weighted by atomic mass is 35.5. The number of nitrogens with one attached hydrogen (secondary N) is 2. The van der Waals surface area contributed by atoms with Crippen LogP contribution in [0.2, 0.25) is 5.02 Å². The van der Waals surface area contributed by atoms with E-state index in [9.17, 15) is 19.3 Å². The zero-order valence-electron chi connectivity index (χ0n) is 14.5. The summed E-state index contributed by atoms with van der Waals surface area (Å²) in [5, 5.41) is 13.8. The van der Waals surface area contributed by atoms with Crippen LogP contribution in [0.3, 0.4) is 0 Å². The van der Waals surface area contributed by atoms with Crippen LogP contribution in [-0.2, 0) is 4.79 Å². The van der Waals surface area contributed by atoms with Crippen LogP contribution in [0, 0.1) is 15.9 Å². The zero-order valence-corrected chi connectivity index (χ0v) is 15.2. The molecule has 0 aromatic heterocycles. The first kappa shape index (κ1) is 19.1. The minimum absolute atomic E-state index is 0.130. The van der Waals surface area contributed by atoms with Crippen LogP contribution in [0.1, 0.15) is 0 Å². The van der Waals surface area contributed by atoms with Gasteiger partial charge in [-0.15, -0.1) is 0 Å². The fourth-order valence-corrected chi connectivity index (χ4v) is 3.22. The van der Waals surface area contributed by atoms with E-state index in [1.165, 1.54) is 30.3 Å². The molecule has 1 aliphatic heterocycles. The molecule has 0 bridgehead atoms. The molecule has 1 fully saturated rings. The van der Waals surface area contributed by atoms with Crippen LogP contribution in [-0.4, -0.2) is 43.6 Å². The van der Waals surface area contributed by atoms with Crippen molar-refractivity contribution < 1.29 is 19.0 Å². The first-order valence-corrected chi connectivity index (χ1v) is 8.88. The molecule has 9 heteroatoms. The Morgan fingerprint density at radius 1 is 1.22 bits per heavy atom. The molecule has 27 heavy (non-hydrogen) atoms. The molecule has 142 valence electrons. The lowest BCUT2D eigenvalue weighted by atomic mass is 10.2. The molecule has 0 aliphatic carbocycles. The second-order valence-electron chi connectivity index (χ2n) is 6.36. The number of quaternary nitrogens is 1. The maximum absolute atomic E-state index is 13.0. The number of rotatable bonds is 5. The van der Waals surface area contributed by atoms with Gasteiger partial charge in [-0.25, -0.2) is 4.39 Å². The molecule has 0 saturated carbocycles. The smallest absolute Gasteiger partial charge is 0.279 e. The van der Waals surface area contributed by atoms with E-state index >= 15 is 0 Å². The van der Waals surface area contributed by atoms with Gasteiger partial charge < -0.3 is 15.1 Å². The molecule has 7 nitrogen and oxygen atoms in total. The normalized spacial score (nSPS) is 14.8. The van der Waals surface area contributed by atoms with Crippen LogP contribution in [0.4, 0.5) is 21.5 Å². The largest absolute Gasteiger partial charge is 0.360 e. The Labute approximate surface area is 160 Å². The number of nitro groups is 1. The Balaban J connectivity index is 1.53. The van der Waals surface area contributed by atoms with E-state index in [1.807, 2.05) is 0 Å². The third-order valence-electron chi connectivity index (χ3n) is 4.51. The monoisotopic (exact) mass is 393 g/mol. The van der Waals surface area contributed by atoms with Gasteiger partial charge in [0.1, 0.15) is 5.82 Å². The lowest BCUT2D eigenvalue weighted by Crippen LogP contribution is -3.15.